The molecule has 1 fully saturated rings. The van der Waals surface area contributed by atoms with E-state index in [4.69, 9.17) is 4.74 Å². The predicted molar refractivity (Wildman–Crippen MR) is 63.8 cm³/mol. The standard InChI is InChI=1S/C11H14N2O2S/c1-2-15-10-4-3-9(7-12-10)11(14)13-5-6-16-8-13/h3-4,7H,2,5-6,8H2,1H3. The highest BCUT2D eigenvalue weighted by Crippen LogP contribution is 2.17. The third-order valence-corrected chi connectivity index (χ3v) is 3.28. The number of nitrogens with zero attached hydrogens (tertiary/aromatic N) is 2. The van der Waals surface area contributed by atoms with Gasteiger partial charge in [0.1, 0.15) is 0 Å². The zero-order valence-electron chi connectivity index (χ0n) is 9.18. The van der Waals surface area contributed by atoms with Crippen molar-refractivity contribution < 1.29 is 9.53 Å². The summed E-state index contributed by atoms with van der Waals surface area (Å²) in [7, 11) is 0. The van der Waals surface area contributed by atoms with Crippen molar-refractivity contribution in [1.29, 1.82) is 0 Å². The Balaban J connectivity index is 2.05. The minimum atomic E-state index is 0.0561. The van der Waals surface area contributed by atoms with E-state index >= 15 is 0 Å². The van der Waals surface area contributed by atoms with Crippen molar-refractivity contribution >= 4 is 17.7 Å². The van der Waals surface area contributed by atoms with Gasteiger partial charge in [0.05, 0.1) is 18.0 Å². The first kappa shape index (κ1) is 11.3. The summed E-state index contributed by atoms with van der Waals surface area (Å²) in [6, 6.07) is 3.50. The van der Waals surface area contributed by atoms with Crippen molar-refractivity contribution in [2.24, 2.45) is 0 Å². The molecule has 0 bridgehead atoms. The van der Waals surface area contributed by atoms with Crippen molar-refractivity contribution in [3.05, 3.63) is 23.9 Å². The van der Waals surface area contributed by atoms with Crippen molar-refractivity contribution in [2.45, 2.75) is 6.92 Å². The lowest BCUT2D eigenvalue weighted by Gasteiger charge is -2.14. The van der Waals surface area contributed by atoms with E-state index < -0.39 is 0 Å². The van der Waals surface area contributed by atoms with Crippen LogP contribution in [-0.4, -0.2) is 40.6 Å². The molecule has 16 heavy (non-hydrogen) atoms. The molecule has 1 aromatic heterocycles. The fraction of sp³-hybridized carbons (Fsp3) is 0.455. The van der Waals surface area contributed by atoms with Gasteiger partial charge in [0.2, 0.25) is 5.88 Å². The van der Waals surface area contributed by atoms with Gasteiger partial charge in [-0.2, -0.15) is 0 Å². The Labute approximate surface area is 99.0 Å². The first-order chi connectivity index (χ1) is 7.81. The average Bonchev–Trinajstić information content (AvgIpc) is 2.83. The number of rotatable bonds is 3. The number of carbonyl (C=O) groups is 1. The van der Waals surface area contributed by atoms with E-state index in [1.165, 1.54) is 0 Å². The number of amides is 1. The second-order valence-electron chi connectivity index (χ2n) is 3.42. The molecule has 2 rings (SSSR count). The molecule has 0 radical (unpaired) electrons. The Bertz CT molecular complexity index is 361. The molecule has 5 heteroatoms. The number of thioether (sulfide) groups is 1. The smallest absolute Gasteiger partial charge is 0.256 e. The number of aromatic nitrogens is 1. The Morgan fingerprint density at radius 2 is 2.50 bits per heavy atom. The molecular formula is C11H14N2O2S. The van der Waals surface area contributed by atoms with Crippen LogP contribution in [0.3, 0.4) is 0 Å². The number of hydrogen-bond acceptors (Lipinski definition) is 4. The molecule has 0 unspecified atom stereocenters. The van der Waals surface area contributed by atoms with Crippen molar-refractivity contribution in [3.8, 4) is 5.88 Å². The minimum Gasteiger partial charge on any atom is -0.478 e. The molecular weight excluding hydrogens is 224 g/mol. The van der Waals surface area contributed by atoms with E-state index in [9.17, 15) is 4.79 Å². The highest BCUT2D eigenvalue weighted by atomic mass is 32.2. The molecule has 1 aromatic rings. The van der Waals surface area contributed by atoms with Crippen molar-refractivity contribution in [3.63, 3.8) is 0 Å². The fourth-order valence-corrected chi connectivity index (χ4v) is 2.44. The first-order valence-electron chi connectivity index (χ1n) is 5.27. The largest absolute Gasteiger partial charge is 0.478 e. The summed E-state index contributed by atoms with van der Waals surface area (Å²) in [5.41, 5.74) is 0.631. The molecule has 0 spiro atoms. The van der Waals surface area contributed by atoms with Crippen molar-refractivity contribution in [2.75, 3.05) is 24.8 Å². The van der Waals surface area contributed by atoms with Crippen LogP contribution in [0.15, 0.2) is 18.3 Å². The van der Waals surface area contributed by atoms with E-state index in [1.54, 1.807) is 30.1 Å². The predicted octanol–water partition coefficient (Wildman–Crippen LogP) is 1.63. The van der Waals surface area contributed by atoms with E-state index in [-0.39, 0.29) is 5.91 Å². The molecule has 1 aliphatic heterocycles. The van der Waals surface area contributed by atoms with Crippen LogP contribution in [0.25, 0.3) is 0 Å². The third-order valence-electron chi connectivity index (χ3n) is 2.32. The van der Waals surface area contributed by atoms with E-state index in [1.807, 2.05) is 11.8 Å². The second kappa shape index (κ2) is 5.21. The molecule has 0 atom stereocenters. The zero-order chi connectivity index (χ0) is 11.4. The lowest BCUT2D eigenvalue weighted by Crippen LogP contribution is -2.27. The molecule has 1 saturated heterocycles. The number of carbonyl (C=O) groups excluding carboxylic acids is 1. The van der Waals surface area contributed by atoms with Crippen LogP contribution in [-0.2, 0) is 0 Å². The van der Waals surface area contributed by atoms with Crippen LogP contribution >= 0.6 is 11.8 Å². The van der Waals surface area contributed by atoms with Crippen LogP contribution in [0.2, 0.25) is 0 Å². The Morgan fingerprint density at radius 1 is 1.62 bits per heavy atom. The maximum atomic E-state index is 11.9. The average molecular weight is 238 g/mol. The van der Waals surface area contributed by atoms with Gasteiger partial charge in [0, 0.05) is 24.6 Å². The van der Waals surface area contributed by atoms with Crippen LogP contribution in [0, 0.1) is 0 Å². The molecule has 0 aliphatic carbocycles. The highest BCUT2D eigenvalue weighted by Gasteiger charge is 2.19. The summed E-state index contributed by atoms with van der Waals surface area (Å²) in [5.74, 6) is 2.43. The third kappa shape index (κ3) is 2.47. The summed E-state index contributed by atoms with van der Waals surface area (Å²) in [6.07, 6.45) is 1.58. The molecule has 0 N–H and O–H groups in total. The maximum Gasteiger partial charge on any atom is 0.256 e. The van der Waals surface area contributed by atoms with Crippen LogP contribution in [0.4, 0.5) is 0 Å². The Kier molecular flexibility index (Phi) is 3.66. The van der Waals surface area contributed by atoms with E-state index in [2.05, 4.69) is 4.98 Å². The van der Waals surface area contributed by atoms with Gasteiger partial charge in [-0.3, -0.25) is 4.79 Å². The van der Waals surface area contributed by atoms with E-state index in [0.29, 0.717) is 18.1 Å². The number of hydrogen-bond donors (Lipinski definition) is 0. The summed E-state index contributed by atoms with van der Waals surface area (Å²) in [5, 5.41) is 0. The highest BCUT2D eigenvalue weighted by molar-refractivity contribution is 7.99. The molecule has 4 nitrogen and oxygen atoms in total. The lowest BCUT2D eigenvalue weighted by molar-refractivity contribution is 0.0802. The van der Waals surface area contributed by atoms with Gasteiger partial charge in [-0.15, -0.1) is 11.8 Å². The monoisotopic (exact) mass is 238 g/mol. The Hall–Kier alpha value is -1.23. The second-order valence-corrected chi connectivity index (χ2v) is 4.50. The summed E-state index contributed by atoms with van der Waals surface area (Å²) < 4.78 is 5.23. The summed E-state index contributed by atoms with van der Waals surface area (Å²) in [4.78, 5) is 17.9. The van der Waals surface area contributed by atoms with Gasteiger partial charge < -0.3 is 9.64 Å². The first-order valence-corrected chi connectivity index (χ1v) is 6.42. The van der Waals surface area contributed by atoms with Crippen molar-refractivity contribution in [1.82, 2.24) is 9.88 Å². The zero-order valence-corrected chi connectivity index (χ0v) is 10.00. The lowest BCUT2D eigenvalue weighted by atomic mass is 10.2. The quantitative estimate of drug-likeness (QED) is 0.802. The van der Waals surface area contributed by atoms with Gasteiger partial charge in [-0.05, 0) is 13.0 Å². The molecule has 1 aliphatic rings. The topological polar surface area (TPSA) is 42.4 Å². The van der Waals surface area contributed by atoms with Gasteiger partial charge >= 0.3 is 0 Å². The summed E-state index contributed by atoms with van der Waals surface area (Å²) >= 11 is 1.78. The maximum absolute atomic E-state index is 11.9. The molecule has 0 aromatic carbocycles. The minimum absolute atomic E-state index is 0.0561. The van der Waals surface area contributed by atoms with Gasteiger partial charge in [0.15, 0.2) is 0 Å². The Morgan fingerprint density at radius 3 is 3.06 bits per heavy atom. The fourth-order valence-electron chi connectivity index (χ4n) is 1.50. The van der Waals surface area contributed by atoms with Crippen LogP contribution < -0.4 is 4.74 Å². The number of pyridine rings is 1. The molecule has 0 saturated carbocycles. The number of ether oxygens (including phenoxy) is 1. The SMILES string of the molecule is CCOc1ccc(C(=O)N2CCSC2)cn1. The summed E-state index contributed by atoms with van der Waals surface area (Å²) in [6.45, 7) is 3.32. The van der Waals surface area contributed by atoms with Crippen LogP contribution in [0.5, 0.6) is 5.88 Å². The normalized spacial score (nSPS) is 15.2. The molecule has 2 heterocycles. The molecule has 86 valence electrons. The van der Waals surface area contributed by atoms with E-state index in [0.717, 1.165) is 18.2 Å². The molecule has 1 amide bonds. The van der Waals surface area contributed by atoms with Crippen LogP contribution in [0.1, 0.15) is 17.3 Å². The van der Waals surface area contributed by atoms with Gasteiger partial charge in [0.25, 0.3) is 5.91 Å². The van der Waals surface area contributed by atoms with Gasteiger partial charge in [-0.25, -0.2) is 4.98 Å². The van der Waals surface area contributed by atoms with Gasteiger partial charge in [-0.1, -0.05) is 0 Å².